The Bertz CT molecular complexity index is 443. The van der Waals surface area contributed by atoms with Crippen LogP contribution in [-0.2, 0) is 6.54 Å². The summed E-state index contributed by atoms with van der Waals surface area (Å²) in [6, 6.07) is 5.82. The number of thioether (sulfide) groups is 1. The van der Waals surface area contributed by atoms with Crippen molar-refractivity contribution in [3.8, 4) is 0 Å². The Morgan fingerprint density at radius 1 is 1.53 bits per heavy atom. The molecule has 6 heteroatoms. The van der Waals surface area contributed by atoms with Crippen LogP contribution in [0.25, 0.3) is 0 Å². The maximum atomic E-state index is 10.9. The zero-order valence-corrected chi connectivity index (χ0v) is 13.8. The third-order valence-electron chi connectivity index (χ3n) is 3.09. The van der Waals surface area contributed by atoms with Crippen LogP contribution in [0.2, 0.25) is 0 Å². The van der Waals surface area contributed by atoms with Gasteiger partial charge < -0.3 is 0 Å². The average Bonchev–Trinajstić information content (AvgIpc) is 2.37. The Hall–Kier alpha value is -0.590. The molecule has 1 aromatic carbocycles. The lowest BCUT2D eigenvalue weighted by atomic mass is 10.1. The van der Waals surface area contributed by atoms with Crippen molar-refractivity contribution in [2.24, 2.45) is 0 Å². The minimum Gasteiger partial charge on any atom is -0.298 e. The van der Waals surface area contributed by atoms with Crippen molar-refractivity contribution < 1.29 is 4.92 Å². The van der Waals surface area contributed by atoms with Gasteiger partial charge in [-0.25, -0.2) is 0 Å². The van der Waals surface area contributed by atoms with E-state index in [9.17, 15) is 10.1 Å². The van der Waals surface area contributed by atoms with E-state index < -0.39 is 0 Å². The van der Waals surface area contributed by atoms with Gasteiger partial charge in [-0.2, -0.15) is 11.8 Å². The van der Waals surface area contributed by atoms with Gasteiger partial charge in [-0.05, 0) is 47.3 Å². The summed E-state index contributed by atoms with van der Waals surface area (Å²) < 4.78 is 0.528. The third kappa shape index (κ3) is 4.78. The van der Waals surface area contributed by atoms with E-state index in [0.29, 0.717) is 10.5 Å². The standard InChI is InChI=1S/C13H19BrN2O2S/c1-4-11(9-19-3)15(2)8-10-5-6-12(14)13(7-10)16(17)18/h5-7,11H,4,8-9H2,1-3H3. The highest BCUT2D eigenvalue weighted by molar-refractivity contribution is 9.10. The monoisotopic (exact) mass is 346 g/mol. The molecule has 0 aliphatic heterocycles. The van der Waals surface area contributed by atoms with Gasteiger partial charge in [0.25, 0.3) is 5.69 Å². The molecular formula is C13H19BrN2O2S. The van der Waals surface area contributed by atoms with Crippen molar-refractivity contribution in [2.75, 3.05) is 19.1 Å². The predicted molar refractivity (Wildman–Crippen MR) is 84.7 cm³/mol. The molecule has 0 spiro atoms. The van der Waals surface area contributed by atoms with Crippen molar-refractivity contribution in [2.45, 2.75) is 25.9 Å². The molecule has 1 aromatic rings. The lowest BCUT2D eigenvalue weighted by molar-refractivity contribution is -0.385. The van der Waals surface area contributed by atoms with E-state index >= 15 is 0 Å². The fourth-order valence-electron chi connectivity index (χ4n) is 1.96. The van der Waals surface area contributed by atoms with Gasteiger partial charge in [0.05, 0.1) is 9.40 Å². The highest BCUT2D eigenvalue weighted by Gasteiger charge is 2.16. The van der Waals surface area contributed by atoms with Gasteiger partial charge in [-0.3, -0.25) is 15.0 Å². The van der Waals surface area contributed by atoms with Crippen LogP contribution in [0.4, 0.5) is 5.69 Å². The smallest absolute Gasteiger partial charge is 0.283 e. The summed E-state index contributed by atoms with van der Waals surface area (Å²) in [5.41, 5.74) is 1.10. The van der Waals surface area contributed by atoms with Gasteiger partial charge in [0.2, 0.25) is 0 Å². The maximum absolute atomic E-state index is 10.9. The molecule has 0 aliphatic carbocycles. The first-order chi connectivity index (χ1) is 8.99. The summed E-state index contributed by atoms with van der Waals surface area (Å²) in [6.45, 7) is 2.90. The van der Waals surface area contributed by atoms with Gasteiger partial charge in [0.15, 0.2) is 0 Å². The molecule has 0 saturated heterocycles. The zero-order valence-electron chi connectivity index (χ0n) is 11.4. The van der Waals surface area contributed by atoms with Crippen LogP contribution in [0.5, 0.6) is 0 Å². The van der Waals surface area contributed by atoms with Crippen molar-refractivity contribution in [1.82, 2.24) is 4.90 Å². The second-order valence-electron chi connectivity index (χ2n) is 4.48. The molecular weight excluding hydrogens is 328 g/mol. The van der Waals surface area contributed by atoms with E-state index in [0.717, 1.165) is 24.3 Å². The summed E-state index contributed by atoms with van der Waals surface area (Å²) in [4.78, 5) is 12.8. The number of hydrogen-bond donors (Lipinski definition) is 0. The average molecular weight is 347 g/mol. The normalized spacial score (nSPS) is 12.7. The Kier molecular flexibility index (Phi) is 6.82. The van der Waals surface area contributed by atoms with Crippen LogP contribution < -0.4 is 0 Å². The molecule has 1 rings (SSSR count). The molecule has 0 bridgehead atoms. The Balaban J connectivity index is 2.81. The largest absolute Gasteiger partial charge is 0.298 e. The van der Waals surface area contributed by atoms with Gasteiger partial charge in [0.1, 0.15) is 0 Å². The number of nitrogens with zero attached hydrogens (tertiary/aromatic N) is 2. The molecule has 106 valence electrons. The molecule has 0 saturated carbocycles. The van der Waals surface area contributed by atoms with Crippen LogP contribution in [0.3, 0.4) is 0 Å². The van der Waals surface area contributed by atoms with Crippen LogP contribution in [-0.4, -0.2) is 34.9 Å². The molecule has 0 fully saturated rings. The number of halogens is 1. The van der Waals surface area contributed by atoms with Crippen LogP contribution in [0.15, 0.2) is 22.7 Å². The van der Waals surface area contributed by atoms with Crippen molar-refractivity contribution in [1.29, 1.82) is 0 Å². The van der Waals surface area contributed by atoms with Crippen molar-refractivity contribution >= 4 is 33.4 Å². The second kappa shape index (κ2) is 7.87. The lowest BCUT2D eigenvalue weighted by Crippen LogP contribution is -2.32. The molecule has 1 atom stereocenters. The Morgan fingerprint density at radius 2 is 2.21 bits per heavy atom. The summed E-state index contributed by atoms with van der Waals surface area (Å²) >= 11 is 5.03. The lowest BCUT2D eigenvalue weighted by Gasteiger charge is -2.26. The number of benzene rings is 1. The topological polar surface area (TPSA) is 46.4 Å². The first-order valence-electron chi connectivity index (χ1n) is 6.11. The summed E-state index contributed by atoms with van der Waals surface area (Å²) in [6.07, 6.45) is 3.18. The van der Waals surface area contributed by atoms with Crippen LogP contribution in [0, 0.1) is 10.1 Å². The van der Waals surface area contributed by atoms with E-state index in [4.69, 9.17) is 0 Å². The number of nitro groups is 1. The number of nitro benzene ring substituents is 1. The second-order valence-corrected chi connectivity index (χ2v) is 6.24. The van der Waals surface area contributed by atoms with E-state index in [1.54, 1.807) is 12.1 Å². The predicted octanol–water partition coefficient (Wildman–Crippen LogP) is 3.93. The fourth-order valence-corrected chi connectivity index (χ4v) is 3.23. The van der Waals surface area contributed by atoms with Gasteiger partial charge in [-0.1, -0.05) is 13.0 Å². The molecule has 0 aliphatic rings. The molecule has 19 heavy (non-hydrogen) atoms. The van der Waals surface area contributed by atoms with Gasteiger partial charge in [0, 0.05) is 24.4 Å². The molecule has 0 N–H and O–H groups in total. The van der Waals surface area contributed by atoms with E-state index in [1.165, 1.54) is 0 Å². The van der Waals surface area contributed by atoms with Crippen molar-refractivity contribution in [3.63, 3.8) is 0 Å². The van der Waals surface area contributed by atoms with Crippen LogP contribution >= 0.6 is 27.7 Å². The molecule has 0 aromatic heterocycles. The fraction of sp³-hybridized carbons (Fsp3) is 0.538. The Morgan fingerprint density at radius 3 is 2.74 bits per heavy atom. The van der Waals surface area contributed by atoms with Gasteiger partial charge >= 0.3 is 0 Å². The molecule has 1 unspecified atom stereocenters. The Labute approximate surface area is 126 Å². The number of hydrogen-bond acceptors (Lipinski definition) is 4. The maximum Gasteiger partial charge on any atom is 0.283 e. The number of rotatable bonds is 7. The SMILES string of the molecule is CCC(CSC)N(C)Cc1ccc(Br)c([N+](=O)[O-])c1. The third-order valence-corrected chi connectivity index (χ3v) is 4.48. The minimum absolute atomic E-state index is 0.129. The van der Waals surface area contributed by atoms with E-state index in [2.05, 4.69) is 41.1 Å². The summed E-state index contributed by atoms with van der Waals surface area (Å²) in [7, 11) is 2.07. The van der Waals surface area contributed by atoms with Crippen molar-refractivity contribution in [3.05, 3.63) is 38.3 Å². The zero-order chi connectivity index (χ0) is 14.4. The molecule has 0 amide bonds. The minimum atomic E-state index is -0.354. The highest BCUT2D eigenvalue weighted by atomic mass is 79.9. The van der Waals surface area contributed by atoms with Crippen LogP contribution in [0.1, 0.15) is 18.9 Å². The summed E-state index contributed by atoms with van der Waals surface area (Å²) in [5, 5.41) is 10.9. The highest BCUT2D eigenvalue weighted by Crippen LogP contribution is 2.26. The van der Waals surface area contributed by atoms with Gasteiger partial charge in [-0.15, -0.1) is 0 Å². The summed E-state index contributed by atoms with van der Waals surface area (Å²) in [5.74, 6) is 1.08. The van der Waals surface area contributed by atoms with E-state index in [1.807, 2.05) is 17.8 Å². The molecule has 4 nitrogen and oxygen atoms in total. The molecule has 0 heterocycles. The molecule has 0 radical (unpaired) electrons. The first kappa shape index (κ1) is 16.5. The van der Waals surface area contributed by atoms with E-state index in [-0.39, 0.29) is 10.6 Å². The first-order valence-corrected chi connectivity index (χ1v) is 8.30. The quantitative estimate of drug-likeness (QED) is 0.554.